The first-order valence-electron chi connectivity index (χ1n) is 8.66. The van der Waals surface area contributed by atoms with Crippen molar-refractivity contribution in [3.63, 3.8) is 0 Å². The summed E-state index contributed by atoms with van der Waals surface area (Å²) >= 11 is 0. The zero-order valence-corrected chi connectivity index (χ0v) is 13.3. The van der Waals surface area contributed by atoms with Crippen molar-refractivity contribution < 1.29 is 14.7 Å². The highest BCUT2D eigenvalue weighted by Crippen LogP contribution is 2.59. The average molecular weight is 317 g/mol. The Balaban J connectivity index is 1.43. The fraction of sp³-hybridized carbons (Fsp3) is 0.706. The van der Waals surface area contributed by atoms with Crippen LogP contribution in [0.1, 0.15) is 61.5 Å². The van der Waals surface area contributed by atoms with Crippen molar-refractivity contribution in [1.82, 2.24) is 14.7 Å². The molecule has 1 aromatic heterocycles. The van der Waals surface area contributed by atoms with Crippen molar-refractivity contribution >= 4 is 11.9 Å². The molecule has 1 atom stereocenters. The molecule has 1 amide bonds. The fourth-order valence-corrected chi connectivity index (χ4v) is 4.49. The summed E-state index contributed by atoms with van der Waals surface area (Å²) < 4.78 is 1.91. The molecule has 6 heteroatoms. The summed E-state index contributed by atoms with van der Waals surface area (Å²) in [6, 6.07) is 2.18. The number of aromatic nitrogens is 2. The van der Waals surface area contributed by atoms with Gasteiger partial charge in [0.2, 0.25) is 0 Å². The van der Waals surface area contributed by atoms with E-state index in [4.69, 9.17) is 5.11 Å². The highest BCUT2D eigenvalue weighted by Gasteiger charge is 2.59. The van der Waals surface area contributed by atoms with Crippen molar-refractivity contribution in [2.45, 2.75) is 51.0 Å². The summed E-state index contributed by atoms with van der Waals surface area (Å²) in [7, 11) is 0. The quantitative estimate of drug-likeness (QED) is 0.928. The minimum absolute atomic E-state index is 0.0334. The van der Waals surface area contributed by atoms with Gasteiger partial charge in [0.15, 0.2) is 0 Å². The molecule has 2 saturated carbocycles. The third-order valence-electron chi connectivity index (χ3n) is 6.09. The van der Waals surface area contributed by atoms with Crippen LogP contribution in [0.15, 0.2) is 12.3 Å². The number of rotatable bonds is 3. The van der Waals surface area contributed by atoms with Gasteiger partial charge < -0.3 is 10.0 Å². The number of hydrogen-bond acceptors (Lipinski definition) is 3. The van der Waals surface area contributed by atoms with E-state index in [1.54, 1.807) is 6.20 Å². The van der Waals surface area contributed by atoms with E-state index in [2.05, 4.69) is 5.10 Å². The first-order valence-corrected chi connectivity index (χ1v) is 8.66. The number of likely N-dealkylation sites (tertiary alicyclic amines) is 1. The molecule has 4 rings (SSSR count). The van der Waals surface area contributed by atoms with Crippen LogP contribution in [0.4, 0.5) is 0 Å². The lowest BCUT2D eigenvalue weighted by molar-refractivity contribution is -0.139. The lowest BCUT2D eigenvalue weighted by atomic mass is 9.90. The van der Waals surface area contributed by atoms with E-state index in [1.165, 1.54) is 12.8 Å². The number of nitrogens with zero attached hydrogens (tertiary/aromatic N) is 3. The maximum absolute atomic E-state index is 12.8. The van der Waals surface area contributed by atoms with E-state index in [1.807, 2.05) is 15.6 Å². The van der Waals surface area contributed by atoms with Crippen LogP contribution < -0.4 is 0 Å². The van der Waals surface area contributed by atoms with Crippen LogP contribution >= 0.6 is 0 Å². The molecule has 0 radical (unpaired) electrons. The van der Waals surface area contributed by atoms with Gasteiger partial charge >= 0.3 is 5.97 Å². The first-order chi connectivity index (χ1) is 11.1. The summed E-state index contributed by atoms with van der Waals surface area (Å²) in [5.74, 6) is -0.815. The average Bonchev–Trinajstić information content (AvgIpc) is 2.97. The van der Waals surface area contributed by atoms with Crippen molar-refractivity contribution in [3.8, 4) is 0 Å². The molecule has 3 fully saturated rings. The van der Waals surface area contributed by atoms with E-state index in [-0.39, 0.29) is 17.2 Å². The Labute approximate surface area is 135 Å². The second-order valence-electron chi connectivity index (χ2n) is 7.35. The van der Waals surface area contributed by atoms with Crippen molar-refractivity contribution in [3.05, 3.63) is 18.0 Å². The molecule has 6 nitrogen and oxygen atoms in total. The third kappa shape index (κ3) is 2.44. The molecule has 1 saturated heterocycles. The van der Waals surface area contributed by atoms with Crippen molar-refractivity contribution in [1.29, 1.82) is 0 Å². The van der Waals surface area contributed by atoms with Gasteiger partial charge in [0.05, 0.1) is 12.0 Å². The topological polar surface area (TPSA) is 75.4 Å². The molecule has 1 aliphatic heterocycles. The number of carboxylic acid groups (broad SMARTS) is 1. The van der Waals surface area contributed by atoms with E-state index >= 15 is 0 Å². The molecule has 1 N–H and O–H groups in total. The van der Waals surface area contributed by atoms with Crippen LogP contribution in [-0.2, 0) is 4.79 Å². The summed E-state index contributed by atoms with van der Waals surface area (Å²) in [5.41, 5.74) is 0.660. The van der Waals surface area contributed by atoms with Gasteiger partial charge in [0.25, 0.3) is 5.91 Å². The molecule has 2 aliphatic carbocycles. The van der Waals surface area contributed by atoms with Crippen LogP contribution in [0.2, 0.25) is 0 Å². The number of hydrogen-bond donors (Lipinski definition) is 1. The normalized spacial score (nSPS) is 26.6. The molecule has 3 aliphatic rings. The molecule has 0 bridgehead atoms. The monoisotopic (exact) mass is 317 g/mol. The fourth-order valence-electron chi connectivity index (χ4n) is 4.49. The number of aliphatic carboxylic acids is 1. The predicted molar refractivity (Wildman–Crippen MR) is 83.0 cm³/mol. The zero-order valence-electron chi connectivity index (χ0n) is 13.3. The predicted octanol–water partition coefficient (Wildman–Crippen LogP) is 2.33. The maximum atomic E-state index is 12.8. The molecule has 23 heavy (non-hydrogen) atoms. The highest BCUT2D eigenvalue weighted by molar-refractivity contribution is 5.92. The van der Waals surface area contributed by atoms with Crippen LogP contribution in [0.5, 0.6) is 0 Å². The Bertz CT molecular complexity index is 625. The maximum Gasteiger partial charge on any atom is 0.307 e. The second-order valence-corrected chi connectivity index (χ2v) is 7.35. The van der Waals surface area contributed by atoms with Crippen molar-refractivity contribution in [2.24, 2.45) is 11.3 Å². The van der Waals surface area contributed by atoms with Crippen LogP contribution in [-0.4, -0.2) is 44.8 Å². The van der Waals surface area contributed by atoms with Crippen LogP contribution in [0, 0.1) is 11.3 Å². The number of carbonyl (C=O) groups excluding carboxylic acids is 1. The first kappa shape index (κ1) is 14.7. The largest absolute Gasteiger partial charge is 0.481 e. The van der Waals surface area contributed by atoms with Crippen LogP contribution in [0.3, 0.4) is 0 Å². The number of piperidine rings is 1. The summed E-state index contributed by atoms with van der Waals surface area (Å²) in [6.07, 6.45) is 8.75. The Morgan fingerprint density at radius 3 is 2.52 bits per heavy atom. The van der Waals surface area contributed by atoms with Gasteiger partial charge in [-0.2, -0.15) is 5.10 Å². The standard InChI is InChI=1S/C17H23N3O3/c21-15(14-5-8-18-20(14)12-3-1-2-4-12)19-9-6-17(7-10-19)11-13(17)16(22)23/h5,8,12-13H,1-4,6-7,9-11H2,(H,22,23). The van der Waals surface area contributed by atoms with Crippen molar-refractivity contribution in [2.75, 3.05) is 13.1 Å². The van der Waals surface area contributed by atoms with E-state index in [9.17, 15) is 9.59 Å². The van der Waals surface area contributed by atoms with Gasteiger partial charge in [-0.05, 0) is 43.6 Å². The minimum Gasteiger partial charge on any atom is -0.481 e. The number of carboxylic acids is 1. The molecular weight excluding hydrogens is 294 g/mol. The Kier molecular flexibility index (Phi) is 3.43. The minimum atomic E-state index is -0.677. The molecule has 1 aromatic rings. The molecule has 0 aromatic carbocycles. The summed E-state index contributed by atoms with van der Waals surface area (Å²) in [6.45, 7) is 1.33. The Morgan fingerprint density at radius 1 is 1.22 bits per heavy atom. The lowest BCUT2D eigenvalue weighted by Gasteiger charge is -2.33. The van der Waals surface area contributed by atoms with Gasteiger partial charge in [0, 0.05) is 19.3 Å². The smallest absolute Gasteiger partial charge is 0.307 e. The van der Waals surface area contributed by atoms with Crippen LogP contribution in [0.25, 0.3) is 0 Å². The SMILES string of the molecule is O=C(O)C1CC12CCN(C(=O)c1ccnn1C1CCCC1)CC2. The van der Waals surface area contributed by atoms with E-state index < -0.39 is 5.97 Å². The molecular formula is C17H23N3O3. The number of carbonyl (C=O) groups is 2. The van der Waals surface area contributed by atoms with Gasteiger partial charge in [-0.1, -0.05) is 12.8 Å². The van der Waals surface area contributed by atoms with Gasteiger partial charge in [-0.15, -0.1) is 0 Å². The van der Waals surface area contributed by atoms with E-state index in [0.29, 0.717) is 24.8 Å². The molecule has 1 unspecified atom stereocenters. The summed E-state index contributed by atoms with van der Waals surface area (Å²) in [4.78, 5) is 25.9. The molecule has 124 valence electrons. The van der Waals surface area contributed by atoms with Gasteiger partial charge in [-0.25, -0.2) is 0 Å². The van der Waals surface area contributed by atoms with E-state index in [0.717, 1.165) is 32.1 Å². The Morgan fingerprint density at radius 2 is 1.91 bits per heavy atom. The third-order valence-corrected chi connectivity index (χ3v) is 6.09. The lowest BCUT2D eigenvalue weighted by Crippen LogP contribution is -2.41. The molecule has 1 spiro atoms. The zero-order chi connectivity index (χ0) is 16.0. The summed E-state index contributed by atoms with van der Waals surface area (Å²) in [5, 5.41) is 13.5. The van der Waals surface area contributed by atoms with Gasteiger partial charge in [-0.3, -0.25) is 14.3 Å². The number of amides is 1. The Hall–Kier alpha value is -1.85. The van der Waals surface area contributed by atoms with Gasteiger partial charge in [0.1, 0.15) is 5.69 Å². The second kappa shape index (κ2) is 5.35. The highest BCUT2D eigenvalue weighted by atomic mass is 16.4. The molecule has 2 heterocycles.